The smallest absolute Gasteiger partial charge is 0.315 e. The number of carbonyl (C=O) groups excluding carboxylic acids is 1. The maximum atomic E-state index is 11.8. The van der Waals surface area contributed by atoms with Crippen LogP contribution in [0, 0.1) is 0 Å². The van der Waals surface area contributed by atoms with Crippen LogP contribution in [0.2, 0.25) is 5.02 Å². The Hall–Kier alpha value is -2.28. The Labute approximate surface area is 133 Å². The summed E-state index contributed by atoms with van der Waals surface area (Å²) in [4.78, 5) is 11.8. The normalized spacial score (nSPS) is 11.8. The number of nitrogens with one attached hydrogen (secondary N) is 2. The number of aryl methyl sites for hydroxylation is 1. The van der Waals surface area contributed by atoms with Crippen LogP contribution in [0.4, 0.5) is 4.79 Å². The van der Waals surface area contributed by atoms with E-state index in [-0.39, 0.29) is 12.1 Å². The lowest BCUT2D eigenvalue weighted by molar-refractivity contribution is 0.233. The minimum Gasteiger partial charge on any atom is -0.492 e. The van der Waals surface area contributed by atoms with Crippen LogP contribution in [-0.4, -0.2) is 33.9 Å². The summed E-state index contributed by atoms with van der Waals surface area (Å²) in [6, 6.07) is 6.54. The number of benzene rings is 1. The first kappa shape index (κ1) is 16.1. The van der Waals surface area contributed by atoms with Crippen molar-refractivity contribution in [2.24, 2.45) is 7.05 Å². The third-order valence-electron chi connectivity index (χ3n) is 2.95. The van der Waals surface area contributed by atoms with Crippen molar-refractivity contribution in [2.75, 3.05) is 13.2 Å². The van der Waals surface area contributed by atoms with Crippen molar-refractivity contribution < 1.29 is 9.53 Å². The molecule has 0 radical (unpaired) electrons. The SMILES string of the molecule is CC(NC(=O)NCCOc1ccc(Cl)cc1)c1nncn1C. The number of urea groups is 1. The summed E-state index contributed by atoms with van der Waals surface area (Å²) in [6.45, 7) is 2.60. The fourth-order valence-electron chi connectivity index (χ4n) is 1.86. The summed E-state index contributed by atoms with van der Waals surface area (Å²) < 4.78 is 7.24. The van der Waals surface area contributed by atoms with Crippen LogP contribution in [0.25, 0.3) is 0 Å². The van der Waals surface area contributed by atoms with Gasteiger partial charge in [0.05, 0.1) is 12.6 Å². The molecular formula is C14H18ClN5O2. The standard InChI is InChI=1S/C14H18ClN5O2/c1-10(13-19-17-9-20(13)2)18-14(21)16-7-8-22-12-5-3-11(15)4-6-12/h3-6,9-10H,7-8H2,1-2H3,(H2,16,18,21). The molecule has 118 valence electrons. The third kappa shape index (κ3) is 4.63. The predicted octanol–water partition coefficient (Wildman–Crippen LogP) is 1.91. The van der Waals surface area contributed by atoms with E-state index in [0.717, 1.165) is 0 Å². The van der Waals surface area contributed by atoms with E-state index in [0.29, 0.717) is 29.7 Å². The Kier molecular flexibility index (Phi) is 5.60. The van der Waals surface area contributed by atoms with Crippen LogP contribution in [-0.2, 0) is 7.05 Å². The van der Waals surface area contributed by atoms with Crippen molar-refractivity contribution in [1.29, 1.82) is 0 Å². The van der Waals surface area contributed by atoms with E-state index in [1.54, 1.807) is 35.2 Å². The Balaban J connectivity index is 1.67. The van der Waals surface area contributed by atoms with Gasteiger partial charge in [-0.15, -0.1) is 10.2 Å². The van der Waals surface area contributed by atoms with Gasteiger partial charge < -0.3 is 19.9 Å². The van der Waals surface area contributed by atoms with E-state index in [1.165, 1.54) is 0 Å². The van der Waals surface area contributed by atoms with Gasteiger partial charge in [0, 0.05) is 12.1 Å². The topological polar surface area (TPSA) is 81.1 Å². The number of aromatic nitrogens is 3. The van der Waals surface area contributed by atoms with Crippen molar-refractivity contribution in [3.63, 3.8) is 0 Å². The lowest BCUT2D eigenvalue weighted by Gasteiger charge is -2.14. The van der Waals surface area contributed by atoms with Crippen molar-refractivity contribution in [1.82, 2.24) is 25.4 Å². The van der Waals surface area contributed by atoms with Gasteiger partial charge in [0.1, 0.15) is 18.7 Å². The van der Waals surface area contributed by atoms with Gasteiger partial charge in [-0.05, 0) is 31.2 Å². The molecule has 7 nitrogen and oxygen atoms in total. The van der Waals surface area contributed by atoms with Crippen LogP contribution < -0.4 is 15.4 Å². The number of ether oxygens (including phenoxy) is 1. The maximum Gasteiger partial charge on any atom is 0.315 e. The Morgan fingerprint density at radius 1 is 1.41 bits per heavy atom. The van der Waals surface area contributed by atoms with Gasteiger partial charge in [-0.1, -0.05) is 11.6 Å². The summed E-state index contributed by atoms with van der Waals surface area (Å²) in [6.07, 6.45) is 1.59. The zero-order valence-corrected chi connectivity index (χ0v) is 13.2. The van der Waals surface area contributed by atoms with Crippen LogP contribution >= 0.6 is 11.6 Å². The highest BCUT2D eigenvalue weighted by Crippen LogP contribution is 2.15. The third-order valence-corrected chi connectivity index (χ3v) is 3.20. The lowest BCUT2D eigenvalue weighted by atomic mass is 10.3. The number of nitrogens with zero attached hydrogens (tertiary/aromatic N) is 3. The molecule has 2 aromatic rings. The van der Waals surface area contributed by atoms with Gasteiger partial charge in [-0.25, -0.2) is 4.79 Å². The quantitative estimate of drug-likeness (QED) is 0.796. The first-order chi connectivity index (χ1) is 10.6. The molecule has 2 N–H and O–H groups in total. The van der Waals surface area contributed by atoms with Crippen molar-refractivity contribution in [2.45, 2.75) is 13.0 Å². The van der Waals surface area contributed by atoms with Crippen LogP contribution in [0.1, 0.15) is 18.8 Å². The summed E-state index contributed by atoms with van der Waals surface area (Å²) >= 11 is 5.78. The maximum absolute atomic E-state index is 11.8. The molecule has 1 heterocycles. The zero-order chi connectivity index (χ0) is 15.9. The number of rotatable bonds is 6. The first-order valence-electron chi connectivity index (χ1n) is 6.83. The molecule has 1 aromatic carbocycles. The summed E-state index contributed by atoms with van der Waals surface area (Å²) in [5.41, 5.74) is 0. The van der Waals surface area contributed by atoms with Crippen molar-refractivity contribution >= 4 is 17.6 Å². The summed E-state index contributed by atoms with van der Waals surface area (Å²) in [5.74, 6) is 1.40. The second-order valence-corrected chi connectivity index (χ2v) is 5.16. The molecule has 1 aromatic heterocycles. The second kappa shape index (κ2) is 7.65. The molecule has 22 heavy (non-hydrogen) atoms. The number of hydrogen-bond donors (Lipinski definition) is 2. The molecule has 2 amide bonds. The van der Waals surface area contributed by atoms with Gasteiger partial charge in [0.25, 0.3) is 0 Å². The molecule has 1 unspecified atom stereocenters. The fourth-order valence-corrected chi connectivity index (χ4v) is 1.99. The minimum atomic E-state index is -0.282. The second-order valence-electron chi connectivity index (χ2n) is 4.72. The summed E-state index contributed by atoms with van der Waals surface area (Å²) in [5, 5.41) is 13.9. The molecule has 0 aliphatic heterocycles. The molecule has 8 heteroatoms. The summed E-state index contributed by atoms with van der Waals surface area (Å²) in [7, 11) is 1.82. The van der Waals surface area contributed by atoms with E-state index < -0.39 is 0 Å². The molecule has 0 bridgehead atoms. The molecule has 0 spiro atoms. The van der Waals surface area contributed by atoms with Crippen molar-refractivity contribution in [3.05, 3.63) is 41.4 Å². The number of halogens is 1. The number of amides is 2. The average Bonchev–Trinajstić information content (AvgIpc) is 2.92. The first-order valence-corrected chi connectivity index (χ1v) is 7.20. The number of hydrogen-bond acceptors (Lipinski definition) is 4. The highest BCUT2D eigenvalue weighted by atomic mass is 35.5. The highest BCUT2D eigenvalue weighted by molar-refractivity contribution is 6.30. The zero-order valence-electron chi connectivity index (χ0n) is 12.4. The molecular weight excluding hydrogens is 306 g/mol. The Morgan fingerprint density at radius 3 is 2.77 bits per heavy atom. The molecule has 0 saturated carbocycles. The molecule has 0 fully saturated rings. The Bertz CT molecular complexity index is 614. The highest BCUT2D eigenvalue weighted by Gasteiger charge is 2.13. The van der Waals surface area contributed by atoms with E-state index >= 15 is 0 Å². The molecule has 0 aliphatic carbocycles. The van der Waals surface area contributed by atoms with E-state index in [2.05, 4.69) is 20.8 Å². The molecule has 1 atom stereocenters. The van der Waals surface area contributed by atoms with Crippen LogP contribution in [0.5, 0.6) is 5.75 Å². The minimum absolute atomic E-state index is 0.232. The monoisotopic (exact) mass is 323 g/mol. The van der Waals surface area contributed by atoms with E-state index in [9.17, 15) is 4.79 Å². The van der Waals surface area contributed by atoms with Gasteiger partial charge in [-0.2, -0.15) is 0 Å². The Morgan fingerprint density at radius 2 is 2.14 bits per heavy atom. The van der Waals surface area contributed by atoms with Crippen molar-refractivity contribution in [3.8, 4) is 5.75 Å². The van der Waals surface area contributed by atoms with Gasteiger partial charge in [0.15, 0.2) is 5.82 Å². The van der Waals surface area contributed by atoms with E-state index in [1.807, 2.05) is 14.0 Å². The van der Waals surface area contributed by atoms with Crippen LogP contribution in [0.3, 0.4) is 0 Å². The van der Waals surface area contributed by atoms with E-state index in [4.69, 9.17) is 16.3 Å². The number of carbonyl (C=O) groups is 1. The largest absolute Gasteiger partial charge is 0.492 e. The van der Waals surface area contributed by atoms with Gasteiger partial charge in [-0.3, -0.25) is 0 Å². The average molecular weight is 324 g/mol. The lowest BCUT2D eigenvalue weighted by Crippen LogP contribution is -2.39. The predicted molar refractivity (Wildman–Crippen MR) is 82.9 cm³/mol. The fraction of sp³-hybridized carbons (Fsp3) is 0.357. The van der Waals surface area contributed by atoms with Crippen LogP contribution in [0.15, 0.2) is 30.6 Å². The molecule has 0 aliphatic rings. The van der Waals surface area contributed by atoms with Gasteiger partial charge >= 0.3 is 6.03 Å². The molecule has 2 rings (SSSR count). The van der Waals surface area contributed by atoms with Gasteiger partial charge in [0.2, 0.25) is 0 Å². The molecule has 0 saturated heterocycles.